The quantitative estimate of drug-likeness (QED) is 0.184. The zero-order chi connectivity index (χ0) is 32.6. The van der Waals surface area contributed by atoms with Gasteiger partial charge in [-0.3, -0.25) is 9.36 Å². The third kappa shape index (κ3) is 8.33. The number of imidazole rings is 1. The summed E-state index contributed by atoms with van der Waals surface area (Å²) in [5.74, 6) is 0.732. The van der Waals surface area contributed by atoms with Gasteiger partial charge in [-0.2, -0.15) is 0 Å². The van der Waals surface area contributed by atoms with E-state index in [1.807, 2.05) is 47.9 Å². The lowest BCUT2D eigenvalue weighted by atomic mass is 9.91. The largest absolute Gasteiger partial charge is 0.367 e. The fourth-order valence-corrected chi connectivity index (χ4v) is 7.35. The molecule has 250 valence electrons. The van der Waals surface area contributed by atoms with E-state index in [1.54, 1.807) is 6.33 Å². The van der Waals surface area contributed by atoms with Crippen molar-refractivity contribution in [1.29, 1.82) is 0 Å². The second kappa shape index (κ2) is 15.3. The fourth-order valence-electron chi connectivity index (χ4n) is 6.36. The lowest BCUT2D eigenvalue weighted by Crippen LogP contribution is -2.37. The van der Waals surface area contributed by atoms with E-state index in [4.69, 9.17) is 14.7 Å². The van der Waals surface area contributed by atoms with Gasteiger partial charge in [-0.25, -0.2) is 28.1 Å². The highest BCUT2D eigenvalue weighted by Gasteiger charge is 2.33. The van der Waals surface area contributed by atoms with Crippen LogP contribution in [0.2, 0.25) is 0 Å². The minimum Gasteiger partial charge on any atom is -0.367 e. The van der Waals surface area contributed by atoms with Gasteiger partial charge in [-0.15, -0.1) is 0 Å². The molecule has 6 rings (SSSR count). The van der Waals surface area contributed by atoms with Gasteiger partial charge in [0, 0.05) is 25.6 Å². The van der Waals surface area contributed by atoms with Crippen molar-refractivity contribution in [3.8, 4) is 0 Å². The molecule has 0 bridgehead atoms. The van der Waals surface area contributed by atoms with E-state index in [9.17, 15) is 13.2 Å². The molecule has 3 N–H and O–H groups in total. The summed E-state index contributed by atoms with van der Waals surface area (Å²) in [6.07, 6.45) is 5.27. The number of likely N-dealkylation sites (tertiary alicyclic amines) is 1. The second-order valence-corrected chi connectivity index (χ2v) is 14.1. The highest BCUT2D eigenvalue weighted by Crippen LogP contribution is 2.32. The van der Waals surface area contributed by atoms with Crippen LogP contribution in [0.15, 0.2) is 67.0 Å². The number of hydrogen-bond acceptors (Lipinski definition) is 9. The predicted octanol–water partition coefficient (Wildman–Crippen LogP) is 3.79. The van der Waals surface area contributed by atoms with Gasteiger partial charge in [-0.1, -0.05) is 67.1 Å². The van der Waals surface area contributed by atoms with Crippen LogP contribution in [0.5, 0.6) is 0 Å². The van der Waals surface area contributed by atoms with Gasteiger partial charge < -0.3 is 20.3 Å². The topological polar surface area (TPSA) is 143 Å². The van der Waals surface area contributed by atoms with Gasteiger partial charge in [-0.05, 0) is 56.8 Å². The summed E-state index contributed by atoms with van der Waals surface area (Å²) in [4.78, 5) is 28.9. The van der Waals surface area contributed by atoms with Crippen LogP contribution in [0, 0.1) is 0 Å². The van der Waals surface area contributed by atoms with Crippen molar-refractivity contribution in [2.24, 2.45) is 0 Å². The van der Waals surface area contributed by atoms with E-state index in [-0.39, 0.29) is 24.1 Å². The van der Waals surface area contributed by atoms with E-state index < -0.39 is 22.4 Å². The Bertz CT molecular complexity index is 1690. The second-order valence-electron chi connectivity index (χ2n) is 12.2. The first-order valence-corrected chi connectivity index (χ1v) is 18.3. The van der Waals surface area contributed by atoms with Crippen LogP contribution in [0.4, 0.5) is 5.82 Å². The van der Waals surface area contributed by atoms with Crippen molar-refractivity contribution in [3.05, 3.63) is 83.9 Å². The lowest BCUT2D eigenvalue weighted by molar-refractivity contribution is -0.133. The maximum Gasteiger partial charge on any atom is 0.249 e. The summed E-state index contributed by atoms with van der Waals surface area (Å²) < 4.78 is 36.7. The number of ether oxygens (including phenoxy) is 1. The number of carbonyl (C=O) groups is 1. The smallest absolute Gasteiger partial charge is 0.249 e. The molecule has 2 aliphatic rings. The normalized spacial score (nSPS) is 18.9. The average molecular weight is 661 g/mol. The minimum atomic E-state index is -3.56. The van der Waals surface area contributed by atoms with Crippen molar-refractivity contribution in [2.75, 3.05) is 43.8 Å². The summed E-state index contributed by atoms with van der Waals surface area (Å²) in [5.41, 5.74) is 3.37. The number of nitrogens with zero attached hydrogens (tertiary/aromatic N) is 5. The van der Waals surface area contributed by atoms with Crippen LogP contribution in [-0.2, 0) is 26.1 Å². The molecule has 2 aliphatic heterocycles. The Morgan fingerprint density at radius 1 is 0.979 bits per heavy atom. The standard InChI is InChI=1S/C34H44N8O4S/c1-2-35-34(43)28-16-17-30(46-28)42-24-37-31-32(36-22-27(25-12-6-3-7-13-25)26-14-8-4-9-15-26)39-29(40-33(31)42)23-38-47(44,45)21-20-41-18-10-5-11-19-41/h3-4,6-9,12-15,24,27-28,30,38H,2,5,10-11,16-23H2,1H3,(H,35,43)(H,36,39,40). The Morgan fingerprint density at radius 2 is 1.68 bits per heavy atom. The fraction of sp³-hybridized carbons (Fsp3) is 0.471. The predicted molar refractivity (Wildman–Crippen MR) is 181 cm³/mol. The zero-order valence-electron chi connectivity index (χ0n) is 26.8. The lowest BCUT2D eigenvalue weighted by Gasteiger charge is -2.26. The molecule has 2 aromatic heterocycles. The van der Waals surface area contributed by atoms with Crippen molar-refractivity contribution in [3.63, 3.8) is 0 Å². The van der Waals surface area contributed by atoms with Crippen LogP contribution in [0.3, 0.4) is 0 Å². The molecule has 0 spiro atoms. The average Bonchev–Trinajstić information content (AvgIpc) is 3.76. The third-order valence-electron chi connectivity index (χ3n) is 8.87. The van der Waals surface area contributed by atoms with Crippen LogP contribution < -0.4 is 15.4 Å². The van der Waals surface area contributed by atoms with E-state index in [0.29, 0.717) is 55.3 Å². The van der Waals surface area contributed by atoms with Crippen molar-refractivity contribution in [2.45, 2.75) is 63.8 Å². The van der Waals surface area contributed by atoms with Crippen LogP contribution in [-0.4, -0.2) is 83.3 Å². The van der Waals surface area contributed by atoms with Gasteiger partial charge in [0.1, 0.15) is 18.2 Å². The first-order valence-electron chi connectivity index (χ1n) is 16.6. The minimum absolute atomic E-state index is 0.0191. The highest BCUT2D eigenvalue weighted by atomic mass is 32.2. The summed E-state index contributed by atoms with van der Waals surface area (Å²) in [6.45, 7) is 5.24. The van der Waals surface area contributed by atoms with Gasteiger partial charge in [0.25, 0.3) is 0 Å². The van der Waals surface area contributed by atoms with Gasteiger partial charge in [0.15, 0.2) is 17.0 Å². The Kier molecular flexibility index (Phi) is 10.8. The number of benzene rings is 2. The number of sulfonamides is 1. The van der Waals surface area contributed by atoms with E-state index in [1.165, 1.54) is 6.42 Å². The molecule has 4 heterocycles. The molecule has 0 radical (unpaired) electrons. The molecule has 2 atom stereocenters. The molecule has 47 heavy (non-hydrogen) atoms. The van der Waals surface area contributed by atoms with Crippen molar-refractivity contribution in [1.82, 2.24) is 34.5 Å². The summed E-state index contributed by atoms with van der Waals surface area (Å²) in [7, 11) is -3.56. The molecule has 2 unspecified atom stereocenters. The number of fused-ring (bicyclic) bond motifs is 1. The number of carbonyl (C=O) groups excluding carboxylic acids is 1. The summed E-state index contributed by atoms with van der Waals surface area (Å²) in [6, 6.07) is 20.5. The number of likely N-dealkylation sites (N-methyl/N-ethyl adjacent to an activating group) is 1. The SMILES string of the molecule is CCNC(=O)C1CCC(n2cnc3c(NCC(c4ccccc4)c4ccccc4)nc(CNS(=O)(=O)CCN4CCCCC4)nc32)O1. The van der Waals surface area contributed by atoms with E-state index in [0.717, 1.165) is 37.1 Å². The number of rotatable bonds is 14. The molecule has 12 nitrogen and oxygen atoms in total. The molecule has 4 aromatic rings. The van der Waals surface area contributed by atoms with E-state index in [2.05, 4.69) is 49.5 Å². The van der Waals surface area contributed by atoms with Crippen LogP contribution >= 0.6 is 0 Å². The molecular formula is C34H44N8O4S. The maximum atomic E-state index is 13.0. The molecule has 13 heteroatoms. The Labute approximate surface area is 276 Å². The zero-order valence-corrected chi connectivity index (χ0v) is 27.7. The number of anilines is 1. The molecule has 2 fully saturated rings. The van der Waals surface area contributed by atoms with Gasteiger partial charge in [0.2, 0.25) is 15.9 Å². The number of aromatic nitrogens is 4. The summed E-state index contributed by atoms with van der Waals surface area (Å²) >= 11 is 0. The van der Waals surface area contributed by atoms with Crippen molar-refractivity contribution >= 4 is 32.9 Å². The number of nitrogens with one attached hydrogen (secondary N) is 3. The molecule has 2 saturated heterocycles. The van der Waals surface area contributed by atoms with Crippen LogP contribution in [0.1, 0.15) is 68.1 Å². The van der Waals surface area contributed by atoms with E-state index >= 15 is 0 Å². The monoisotopic (exact) mass is 660 g/mol. The molecule has 1 amide bonds. The molecule has 0 saturated carbocycles. The first kappa shape index (κ1) is 33.0. The highest BCUT2D eigenvalue weighted by molar-refractivity contribution is 7.89. The number of hydrogen-bond donors (Lipinski definition) is 3. The maximum absolute atomic E-state index is 13.0. The number of amides is 1. The Balaban J connectivity index is 1.26. The Hall–Kier alpha value is -3.91. The van der Waals surface area contributed by atoms with Crippen LogP contribution in [0.25, 0.3) is 11.2 Å². The van der Waals surface area contributed by atoms with Gasteiger partial charge in [0.05, 0.1) is 18.6 Å². The summed E-state index contributed by atoms with van der Waals surface area (Å²) in [5, 5.41) is 6.35. The van der Waals surface area contributed by atoms with Crippen molar-refractivity contribution < 1.29 is 17.9 Å². The Morgan fingerprint density at radius 3 is 2.36 bits per heavy atom. The first-order chi connectivity index (χ1) is 22.9. The van der Waals surface area contributed by atoms with Gasteiger partial charge >= 0.3 is 0 Å². The molecule has 2 aromatic carbocycles. The number of piperidine rings is 1. The third-order valence-corrected chi connectivity index (χ3v) is 10.2. The molecular weight excluding hydrogens is 616 g/mol. The molecule has 0 aliphatic carbocycles.